The maximum Gasteiger partial charge on any atom is 0.307 e. The Kier molecular flexibility index (Phi) is 5.16. The lowest BCUT2D eigenvalue weighted by Crippen LogP contribution is -2.39. The monoisotopic (exact) mass is 269 g/mol. The number of morpholine rings is 1. The van der Waals surface area contributed by atoms with E-state index in [1.165, 1.54) is 4.88 Å². The van der Waals surface area contributed by atoms with Crippen LogP contribution in [-0.4, -0.2) is 43.8 Å². The van der Waals surface area contributed by atoms with Crippen LogP contribution in [0.4, 0.5) is 0 Å². The molecule has 1 aliphatic rings. The zero-order valence-corrected chi connectivity index (χ0v) is 11.4. The van der Waals surface area contributed by atoms with E-state index in [2.05, 4.69) is 11.0 Å². The van der Waals surface area contributed by atoms with Gasteiger partial charge in [0, 0.05) is 18.0 Å². The predicted octanol–water partition coefficient (Wildman–Crippen LogP) is 2.07. The Morgan fingerprint density at radius 3 is 2.94 bits per heavy atom. The summed E-state index contributed by atoms with van der Waals surface area (Å²) in [6, 6.07) is 4.25. The SMILES string of the molecule is CCOC(=O)CC(c1cccs1)N1CCOCC1. The highest BCUT2D eigenvalue weighted by molar-refractivity contribution is 7.10. The zero-order valence-electron chi connectivity index (χ0n) is 10.6. The van der Waals surface area contributed by atoms with Crippen LogP contribution in [0.3, 0.4) is 0 Å². The van der Waals surface area contributed by atoms with Gasteiger partial charge in [-0.3, -0.25) is 9.69 Å². The Balaban J connectivity index is 2.05. The topological polar surface area (TPSA) is 38.8 Å². The molecule has 0 radical (unpaired) electrons. The lowest BCUT2D eigenvalue weighted by atomic mass is 10.1. The molecule has 0 amide bonds. The Labute approximate surface area is 111 Å². The molecule has 0 bridgehead atoms. The molecule has 1 aromatic rings. The van der Waals surface area contributed by atoms with Gasteiger partial charge in [0.05, 0.1) is 32.3 Å². The van der Waals surface area contributed by atoms with Gasteiger partial charge < -0.3 is 9.47 Å². The minimum absolute atomic E-state index is 0.123. The highest BCUT2D eigenvalue weighted by Gasteiger charge is 2.26. The fourth-order valence-electron chi connectivity index (χ4n) is 2.16. The molecule has 0 aliphatic carbocycles. The van der Waals surface area contributed by atoms with Crippen molar-refractivity contribution in [2.24, 2.45) is 0 Å². The van der Waals surface area contributed by atoms with Crippen molar-refractivity contribution in [2.45, 2.75) is 19.4 Å². The summed E-state index contributed by atoms with van der Waals surface area (Å²) in [4.78, 5) is 15.3. The fourth-order valence-corrected chi connectivity index (χ4v) is 3.02. The first-order valence-electron chi connectivity index (χ1n) is 6.32. The van der Waals surface area contributed by atoms with Crippen molar-refractivity contribution in [2.75, 3.05) is 32.9 Å². The van der Waals surface area contributed by atoms with Gasteiger partial charge >= 0.3 is 5.97 Å². The molecule has 2 heterocycles. The van der Waals surface area contributed by atoms with Gasteiger partial charge in [0.1, 0.15) is 0 Å². The van der Waals surface area contributed by atoms with Crippen LogP contribution in [0, 0.1) is 0 Å². The summed E-state index contributed by atoms with van der Waals surface area (Å²) in [6.07, 6.45) is 0.425. The molecule has 4 nitrogen and oxygen atoms in total. The third-order valence-electron chi connectivity index (χ3n) is 3.02. The van der Waals surface area contributed by atoms with Crippen molar-refractivity contribution in [3.63, 3.8) is 0 Å². The second-order valence-electron chi connectivity index (χ2n) is 4.19. The van der Waals surface area contributed by atoms with Crippen LogP contribution in [0.5, 0.6) is 0 Å². The minimum Gasteiger partial charge on any atom is -0.466 e. The summed E-state index contributed by atoms with van der Waals surface area (Å²) < 4.78 is 10.4. The van der Waals surface area contributed by atoms with E-state index < -0.39 is 0 Å². The third-order valence-corrected chi connectivity index (χ3v) is 4.00. The number of hydrogen-bond acceptors (Lipinski definition) is 5. The standard InChI is InChI=1S/C13H19NO3S/c1-2-17-13(15)10-11(12-4-3-9-18-12)14-5-7-16-8-6-14/h3-4,9,11H,2,5-8,10H2,1H3. The van der Waals surface area contributed by atoms with Crippen molar-refractivity contribution in [1.29, 1.82) is 0 Å². The predicted molar refractivity (Wildman–Crippen MR) is 70.7 cm³/mol. The smallest absolute Gasteiger partial charge is 0.307 e. The molecule has 1 aliphatic heterocycles. The maximum atomic E-state index is 11.7. The number of esters is 1. The van der Waals surface area contributed by atoms with Crippen LogP contribution in [-0.2, 0) is 14.3 Å². The van der Waals surface area contributed by atoms with Crippen molar-refractivity contribution in [3.8, 4) is 0 Å². The molecule has 1 aromatic heterocycles. The number of nitrogens with zero attached hydrogens (tertiary/aromatic N) is 1. The number of rotatable bonds is 5. The Morgan fingerprint density at radius 2 is 2.33 bits per heavy atom. The number of ether oxygens (including phenoxy) is 2. The molecule has 18 heavy (non-hydrogen) atoms. The summed E-state index contributed by atoms with van der Waals surface area (Å²) in [7, 11) is 0. The van der Waals surface area contributed by atoms with E-state index in [4.69, 9.17) is 9.47 Å². The van der Waals surface area contributed by atoms with Crippen molar-refractivity contribution >= 4 is 17.3 Å². The van der Waals surface area contributed by atoms with Crippen molar-refractivity contribution in [1.82, 2.24) is 4.90 Å². The first kappa shape index (κ1) is 13.5. The van der Waals surface area contributed by atoms with Crippen LogP contribution in [0.25, 0.3) is 0 Å². The van der Waals surface area contributed by atoms with Crippen LogP contribution in [0.15, 0.2) is 17.5 Å². The molecule has 0 spiro atoms. The molecule has 1 fully saturated rings. The van der Waals surface area contributed by atoms with Crippen molar-refractivity contribution in [3.05, 3.63) is 22.4 Å². The quantitative estimate of drug-likeness (QED) is 0.767. The van der Waals surface area contributed by atoms with Crippen LogP contribution < -0.4 is 0 Å². The molecule has 100 valence electrons. The second kappa shape index (κ2) is 6.87. The van der Waals surface area contributed by atoms with Gasteiger partial charge in [-0.15, -0.1) is 11.3 Å². The van der Waals surface area contributed by atoms with Gasteiger partial charge in [0.25, 0.3) is 0 Å². The molecule has 0 aromatic carbocycles. The molecule has 0 saturated carbocycles. The second-order valence-corrected chi connectivity index (χ2v) is 5.17. The first-order chi connectivity index (χ1) is 8.81. The van der Waals surface area contributed by atoms with E-state index in [1.54, 1.807) is 11.3 Å². The van der Waals surface area contributed by atoms with Gasteiger partial charge in [-0.1, -0.05) is 6.07 Å². The summed E-state index contributed by atoms with van der Waals surface area (Å²) in [6.45, 7) is 5.52. The molecular weight excluding hydrogens is 250 g/mol. The van der Waals surface area contributed by atoms with Gasteiger partial charge in [0.15, 0.2) is 0 Å². The third kappa shape index (κ3) is 3.54. The highest BCUT2D eigenvalue weighted by atomic mass is 32.1. The van der Waals surface area contributed by atoms with Gasteiger partial charge in [-0.2, -0.15) is 0 Å². The summed E-state index contributed by atoms with van der Waals surface area (Å²) in [5, 5.41) is 2.05. The number of thiophene rings is 1. The molecule has 5 heteroatoms. The first-order valence-corrected chi connectivity index (χ1v) is 7.20. The van der Waals surface area contributed by atoms with E-state index in [9.17, 15) is 4.79 Å². The maximum absolute atomic E-state index is 11.7. The minimum atomic E-state index is -0.123. The summed E-state index contributed by atoms with van der Waals surface area (Å²) in [5.41, 5.74) is 0. The summed E-state index contributed by atoms with van der Waals surface area (Å²) >= 11 is 1.69. The lowest BCUT2D eigenvalue weighted by molar-refractivity contribution is -0.145. The van der Waals surface area contributed by atoms with E-state index in [1.807, 2.05) is 18.4 Å². The van der Waals surface area contributed by atoms with Crippen LogP contribution in [0.2, 0.25) is 0 Å². The number of carbonyl (C=O) groups excluding carboxylic acids is 1. The van der Waals surface area contributed by atoms with Gasteiger partial charge in [-0.05, 0) is 18.4 Å². The Hall–Kier alpha value is -0.910. The Morgan fingerprint density at radius 1 is 1.56 bits per heavy atom. The number of carbonyl (C=O) groups is 1. The van der Waals surface area contributed by atoms with Gasteiger partial charge in [0.2, 0.25) is 0 Å². The van der Waals surface area contributed by atoms with Crippen LogP contribution in [0.1, 0.15) is 24.3 Å². The molecule has 1 saturated heterocycles. The molecule has 1 unspecified atom stereocenters. The molecule has 2 rings (SSSR count). The average molecular weight is 269 g/mol. The zero-order chi connectivity index (χ0) is 12.8. The molecule has 0 N–H and O–H groups in total. The molecular formula is C13H19NO3S. The van der Waals surface area contributed by atoms with E-state index >= 15 is 0 Å². The van der Waals surface area contributed by atoms with Crippen molar-refractivity contribution < 1.29 is 14.3 Å². The highest BCUT2D eigenvalue weighted by Crippen LogP contribution is 2.29. The lowest BCUT2D eigenvalue weighted by Gasteiger charge is -2.33. The van der Waals surface area contributed by atoms with Crippen LogP contribution >= 0.6 is 11.3 Å². The van der Waals surface area contributed by atoms with Gasteiger partial charge in [-0.25, -0.2) is 0 Å². The van der Waals surface area contributed by atoms with E-state index in [0.717, 1.165) is 26.3 Å². The summed E-state index contributed by atoms with van der Waals surface area (Å²) in [5.74, 6) is -0.123. The largest absolute Gasteiger partial charge is 0.466 e. The normalized spacial score (nSPS) is 18.5. The average Bonchev–Trinajstić information content (AvgIpc) is 2.91. The molecule has 1 atom stereocenters. The fraction of sp³-hybridized carbons (Fsp3) is 0.615. The number of hydrogen-bond donors (Lipinski definition) is 0. The Bertz CT molecular complexity index is 360. The van der Waals surface area contributed by atoms with E-state index in [-0.39, 0.29) is 12.0 Å². The van der Waals surface area contributed by atoms with E-state index in [0.29, 0.717) is 13.0 Å².